The van der Waals surface area contributed by atoms with Gasteiger partial charge in [-0.1, -0.05) is 0 Å². The molecule has 0 radical (unpaired) electrons. The summed E-state index contributed by atoms with van der Waals surface area (Å²) in [6, 6.07) is 5.97. The van der Waals surface area contributed by atoms with E-state index in [1.807, 2.05) is 0 Å². The number of ether oxygens (including phenoxy) is 2. The van der Waals surface area contributed by atoms with Crippen molar-refractivity contribution in [3.8, 4) is 11.5 Å². The molecule has 1 unspecified atom stereocenters. The quantitative estimate of drug-likeness (QED) is 0.613. The van der Waals surface area contributed by atoms with E-state index in [4.69, 9.17) is 21.1 Å². The van der Waals surface area contributed by atoms with Gasteiger partial charge in [0.15, 0.2) is 11.6 Å². The van der Waals surface area contributed by atoms with Crippen molar-refractivity contribution in [3.05, 3.63) is 58.9 Å². The van der Waals surface area contributed by atoms with Crippen LogP contribution in [0.1, 0.15) is 16.5 Å². The zero-order valence-corrected chi connectivity index (χ0v) is 12.0. The molecule has 2 rings (SSSR count). The van der Waals surface area contributed by atoms with Gasteiger partial charge in [-0.05, 0) is 23.8 Å². The van der Waals surface area contributed by atoms with E-state index in [2.05, 4.69) is 0 Å². The smallest absolute Gasteiger partial charge is 0.161 e. The Bertz CT molecular complexity index is 639. The second kappa shape index (κ2) is 6.26. The Kier molecular flexibility index (Phi) is 4.63. The summed E-state index contributed by atoms with van der Waals surface area (Å²) in [6.45, 7) is 0. The number of alkyl halides is 1. The van der Waals surface area contributed by atoms with E-state index in [0.29, 0.717) is 23.1 Å². The van der Waals surface area contributed by atoms with E-state index in [1.165, 1.54) is 14.2 Å². The van der Waals surface area contributed by atoms with Gasteiger partial charge in [0, 0.05) is 17.7 Å². The van der Waals surface area contributed by atoms with Gasteiger partial charge in [0.25, 0.3) is 0 Å². The molecule has 0 aliphatic rings. The summed E-state index contributed by atoms with van der Waals surface area (Å²) < 4.78 is 50.2. The van der Waals surface area contributed by atoms with Crippen LogP contribution in [0.25, 0.3) is 0 Å². The Morgan fingerprint density at radius 3 is 1.86 bits per heavy atom. The van der Waals surface area contributed by atoms with E-state index in [9.17, 15) is 13.2 Å². The fourth-order valence-corrected chi connectivity index (χ4v) is 2.18. The zero-order valence-electron chi connectivity index (χ0n) is 11.3. The van der Waals surface area contributed by atoms with E-state index < -0.39 is 22.8 Å². The first-order valence-corrected chi connectivity index (χ1v) is 6.41. The molecule has 0 spiro atoms. The highest BCUT2D eigenvalue weighted by Crippen LogP contribution is 2.35. The summed E-state index contributed by atoms with van der Waals surface area (Å²) in [6.07, 6.45) is 0. The van der Waals surface area contributed by atoms with E-state index in [-0.39, 0.29) is 5.56 Å². The summed E-state index contributed by atoms with van der Waals surface area (Å²) in [4.78, 5) is 0. The third-order valence-electron chi connectivity index (χ3n) is 2.98. The molecule has 6 heteroatoms. The monoisotopic (exact) mass is 316 g/mol. The molecule has 0 aromatic heterocycles. The molecule has 1 atom stereocenters. The predicted octanol–water partition coefficient (Wildman–Crippen LogP) is 4.45. The van der Waals surface area contributed by atoms with Crippen LogP contribution < -0.4 is 9.47 Å². The van der Waals surface area contributed by atoms with Gasteiger partial charge < -0.3 is 9.47 Å². The molecular formula is C15H12ClF3O2. The highest BCUT2D eigenvalue weighted by molar-refractivity contribution is 6.22. The third-order valence-corrected chi connectivity index (χ3v) is 3.47. The van der Waals surface area contributed by atoms with Gasteiger partial charge in [-0.15, -0.1) is 11.6 Å². The van der Waals surface area contributed by atoms with Crippen molar-refractivity contribution < 1.29 is 22.6 Å². The predicted molar refractivity (Wildman–Crippen MR) is 73.6 cm³/mol. The van der Waals surface area contributed by atoms with Crippen LogP contribution in [-0.2, 0) is 0 Å². The molecule has 0 fully saturated rings. The minimum absolute atomic E-state index is 0.161. The maximum absolute atomic E-state index is 13.8. The van der Waals surface area contributed by atoms with Crippen molar-refractivity contribution in [1.82, 2.24) is 0 Å². The number of hydrogen-bond acceptors (Lipinski definition) is 2. The van der Waals surface area contributed by atoms with Gasteiger partial charge in [0.1, 0.15) is 17.3 Å². The van der Waals surface area contributed by atoms with Gasteiger partial charge in [0.2, 0.25) is 0 Å². The lowest BCUT2D eigenvalue weighted by atomic mass is 10.0. The van der Waals surface area contributed by atoms with E-state index >= 15 is 0 Å². The molecule has 0 bridgehead atoms. The molecule has 0 aliphatic heterocycles. The van der Waals surface area contributed by atoms with Crippen LogP contribution in [0.2, 0.25) is 0 Å². The zero-order chi connectivity index (χ0) is 15.6. The molecule has 2 aromatic carbocycles. The minimum atomic E-state index is -1.26. The molecular weight excluding hydrogens is 305 g/mol. The topological polar surface area (TPSA) is 18.5 Å². The lowest BCUT2D eigenvalue weighted by Crippen LogP contribution is -2.01. The summed E-state index contributed by atoms with van der Waals surface area (Å²) >= 11 is 6.18. The average Bonchev–Trinajstić information content (AvgIpc) is 2.49. The van der Waals surface area contributed by atoms with Crippen LogP contribution in [0.15, 0.2) is 30.3 Å². The molecule has 2 aromatic rings. The van der Waals surface area contributed by atoms with Crippen molar-refractivity contribution in [2.24, 2.45) is 0 Å². The third kappa shape index (κ3) is 3.24. The second-order valence-electron chi connectivity index (χ2n) is 4.30. The summed E-state index contributed by atoms with van der Waals surface area (Å²) in [7, 11) is 2.92. The van der Waals surface area contributed by atoms with E-state index in [1.54, 1.807) is 18.2 Å². The van der Waals surface area contributed by atoms with Gasteiger partial charge in [0.05, 0.1) is 19.6 Å². The molecule has 21 heavy (non-hydrogen) atoms. The largest absolute Gasteiger partial charge is 0.497 e. The lowest BCUT2D eigenvalue weighted by Gasteiger charge is -2.14. The molecule has 0 N–H and O–H groups in total. The Morgan fingerprint density at radius 1 is 0.810 bits per heavy atom. The maximum Gasteiger partial charge on any atom is 0.161 e. The Morgan fingerprint density at radius 2 is 1.33 bits per heavy atom. The summed E-state index contributed by atoms with van der Waals surface area (Å²) in [5.41, 5.74) is 0.281. The van der Waals surface area contributed by atoms with Crippen LogP contribution in [-0.4, -0.2) is 14.2 Å². The van der Waals surface area contributed by atoms with Crippen LogP contribution in [0.3, 0.4) is 0 Å². The normalized spacial score (nSPS) is 12.1. The molecule has 0 saturated carbocycles. The van der Waals surface area contributed by atoms with Crippen molar-refractivity contribution in [2.45, 2.75) is 5.38 Å². The fraction of sp³-hybridized carbons (Fsp3) is 0.200. The number of hydrogen-bond donors (Lipinski definition) is 0. The number of methoxy groups -OCH3 is 2. The van der Waals surface area contributed by atoms with Crippen molar-refractivity contribution >= 4 is 11.6 Å². The lowest BCUT2D eigenvalue weighted by molar-refractivity contribution is 0.393. The Labute approximate surface area is 125 Å². The fourth-order valence-electron chi connectivity index (χ4n) is 1.89. The Hall–Kier alpha value is -1.88. The summed E-state index contributed by atoms with van der Waals surface area (Å²) in [5.74, 6) is -2.43. The molecule has 0 saturated heterocycles. The Balaban J connectivity index is 2.49. The number of rotatable bonds is 4. The first kappa shape index (κ1) is 15.5. The SMILES string of the molecule is COc1cc(OC)cc(C(Cl)c2cc(F)c(F)cc2F)c1. The number of halogens is 4. The second-order valence-corrected chi connectivity index (χ2v) is 4.73. The molecule has 0 aliphatic carbocycles. The van der Waals surface area contributed by atoms with E-state index in [0.717, 1.165) is 6.07 Å². The minimum Gasteiger partial charge on any atom is -0.497 e. The van der Waals surface area contributed by atoms with Crippen LogP contribution >= 0.6 is 11.6 Å². The standard InChI is InChI=1S/C15H12ClF3O2/c1-20-9-3-8(4-10(5-9)21-2)15(16)11-6-13(18)14(19)7-12(11)17/h3-7,15H,1-2H3. The molecule has 2 nitrogen and oxygen atoms in total. The summed E-state index contributed by atoms with van der Waals surface area (Å²) in [5, 5.41) is -1.01. The van der Waals surface area contributed by atoms with Crippen molar-refractivity contribution in [1.29, 1.82) is 0 Å². The van der Waals surface area contributed by atoms with Gasteiger partial charge in [-0.3, -0.25) is 0 Å². The highest BCUT2D eigenvalue weighted by atomic mass is 35.5. The van der Waals surface area contributed by atoms with Crippen LogP contribution in [0, 0.1) is 17.5 Å². The van der Waals surface area contributed by atoms with Crippen molar-refractivity contribution in [2.75, 3.05) is 14.2 Å². The molecule has 112 valence electrons. The van der Waals surface area contributed by atoms with Gasteiger partial charge in [-0.25, -0.2) is 13.2 Å². The van der Waals surface area contributed by atoms with Crippen molar-refractivity contribution in [3.63, 3.8) is 0 Å². The van der Waals surface area contributed by atoms with Crippen LogP contribution in [0.5, 0.6) is 11.5 Å². The van der Waals surface area contributed by atoms with Gasteiger partial charge in [-0.2, -0.15) is 0 Å². The first-order valence-electron chi connectivity index (χ1n) is 5.97. The van der Waals surface area contributed by atoms with Gasteiger partial charge >= 0.3 is 0 Å². The first-order chi connectivity index (χ1) is 9.96. The number of benzene rings is 2. The maximum atomic E-state index is 13.8. The molecule has 0 heterocycles. The molecule has 0 amide bonds. The average molecular weight is 317 g/mol. The highest BCUT2D eigenvalue weighted by Gasteiger charge is 2.20. The van der Waals surface area contributed by atoms with Crippen LogP contribution in [0.4, 0.5) is 13.2 Å².